The first kappa shape index (κ1) is 16.0. The minimum absolute atomic E-state index is 0.0867. The van der Waals surface area contributed by atoms with Crippen LogP contribution in [0, 0.1) is 10.8 Å². The summed E-state index contributed by atoms with van der Waals surface area (Å²) in [5, 5.41) is 16.7. The van der Waals surface area contributed by atoms with Gasteiger partial charge in [-0.25, -0.2) is 4.99 Å². The van der Waals surface area contributed by atoms with Gasteiger partial charge in [0.05, 0.1) is 12.6 Å². The number of carbonyl (C=O) groups excluding carboxylic acids is 1. The number of aliphatic imine (C=N–C) groups is 2. The van der Waals surface area contributed by atoms with Gasteiger partial charge in [-0.3, -0.25) is 20.6 Å². The van der Waals surface area contributed by atoms with Crippen molar-refractivity contribution in [1.82, 2.24) is 9.80 Å². The van der Waals surface area contributed by atoms with Crippen LogP contribution in [0.3, 0.4) is 0 Å². The third kappa shape index (κ3) is 2.84. The van der Waals surface area contributed by atoms with Crippen molar-refractivity contribution in [3.63, 3.8) is 0 Å². The molecule has 0 bridgehead atoms. The van der Waals surface area contributed by atoms with E-state index in [-0.39, 0.29) is 17.6 Å². The summed E-state index contributed by atoms with van der Waals surface area (Å²) in [6, 6.07) is 8.69. The molecule has 1 amide bonds. The van der Waals surface area contributed by atoms with E-state index in [0.29, 0.717) is 36.7 Å². The average molecular weight is 324 g/mol. The van der Waals surface area contributed by atoms with Gasteiger partial charge in [-0.15, -0.1) is 0 Å². The molecular formula is C17H20N6O. The summed E-state index contributed by atoms with van der Waals surface area (Å²) in [7, 11) is 0. The second-order valence-corrected chi connectivity index (χ2v) is 5.85. The highest BCUT2D eigenvalue weighted by Crippen LogP contribution is 2.16. The topological polar surface area (TPSA) is 96.0 Å². The maximum Gasteiger partial charge on any atom is 0.254 e. The number of nitrogens with zero attached hydrogens (tertiary/aromatic N) is 4. The van der Waals surface area contributed by atoms with Crippen LogP contribution in [-0.2, 0) is 0 Å². The van der Waals surface area contributed by atoms with Crippen molar-refractivity contribution < 1.29 is 4.79 Å². The number of carbonyl (C=O) groups is 1. The fraction of sp³-hybridized carbons (Fsp3) is 0.353. The van der Waals surface area contributed by atoms with E-state index in [9.17, 15) is 4.79 Å². The van der Waals surface area contributed by atoms with Gasteiger partial charge < -0.3 is 9.80 Å². The van der Waals surface area contributed by atoms with Crippen LogP contribution in [0.2, 0.25) is 0 Å². The molecule has 2 N–H and O–H groups in total. The lowest BCUT2D eigenvalue weighted by Gasteiger charge is -2.41. The van der Waals surface area contributed by atoms with E-state index in [1.54, 1.807) is 28.9 Å². The number of hydrogen-bond acceptors (Lipinski definition) is 5. The Kier molecular flexibility index (Phi) is 4.24. The molecule has 2 aliphatic heterocycles. The van der Waals surface area contributed by atoms with Crippen LogP contribution in [0.4, 0.5) is 0 Å². The zero-order valence-corrected chi connectivity index (χ0v) is 13.8. The number of rotatable bonds is 2. The molecule has 7 heteroatoms. The van der Waals surface area contributed by atoms with Crippen molar-refractivity contribution in [3.05, 3.63) is 35.9 Å². The summed E-state index contributed by atoms with van der Waals surface area (Å²) >= 11 is 0. The van der Waals surface area contributed by atoms with Gasteiger partial charge in [0.25, 0.3) is 5.91 Å². The second-order valence-electron chi connectivity index (χ2n) is 5.85. The molecule has 1 aromatic carbocycles. The lowest BCUT2D eigenvalue weighted by atomic mass is 10.1. The molecule has 0 radical (unpaired) electrons. The molecule has 2 aliphatic rings. The number of amidine groups is 3. The maximum atomic E-state index is 12.6. The third-order valence-electron chi connectivity index (χ3n) is 4.30. The van der Waals surface area contributed by atoms with Crippen molar-refractivity contribution in [3.8, 4) is 0 Å². The van der Waals surface area contributed by atoms with Crippen LogP contribution in [-0.4, -0.2) is 64.6 Å². The van der Waals surface area contributed by atoms with E-state index in [0.717, 1.165) is 0 Å². The second kappa shape index (κ2) is 6.35. The van der Waals surface area contributed by atoms with Crippen LogP contribution in [0.1, 0.15) is 24.2 Å². The quantitative estimate of drug-likeness (QED) is 0.639. The third-order valence-corrected chi connectivity index (χ3v) is 4.30. The normalized spacial score (nSPS) is 20.8. The van der Waals surface area contributed by atoms with Crippen molar-refractivity contribution in [2.24, 2.45) is 9.98 Å². The monoisotopic (exact) mass is 324 g/mol. The number of nitrogens with one attached hydrogen (secondary N) is 2. The first-order chi connectivity index (χ1) is 11.5. The molecule has 1 atom stereocenters. The highest BCUT2D eigenvalue weighted by Gasteiger charge is 2.35. The minimum Gasteiger partial charge on any atom is -0.327 e. The lowest BCUT2D eigenvalue weighted by molar-refractivity contribution is 0.0701. The minimum atomic E-state index is -0.393. The maximum absolute atomic E-state index is 12.6. The van der Waals surface area contributed by atoms with Crippen molar-refractivity contribution in [2.75, 3.05) is 19.6 Å². The van der Waals surface area contributed by atoms with E-state index in [2.05, 4.69) is 9.98 Å². The van der Waals surface area contributed by atoms with Crippen molar-refractivity contribution >= 4 is 29.1 Å². The van der Waals surface area contributed by atoms with Gasteiger partial charge in [0.2, 0.25) is 0 Å². The van der Waals surface area contributed by atoms with Crippen molar-refractivity contribution in [2.45, 2.75) is 19.9 Å². The Morgan fingerprint density at radius 3 is 2.58 bits per heavy atom. The number of amides is 1. The predicted octanol–water partition coefficient (Wildman–Crippen LogP) is 1.66. The molecule has 1 aromatic rings. The van der Waals surface area contributed by atoms with Gasteiger partial charge in [-0.05, 0) is 26.0 Å². The van der Waals surface area contributed by atoms with Gasteiger partial charge in [0.1, 0.15) is 23.2 Å². The zero-order valence-electron chi connectivity index (χ0n) is 13.8. The Morgan fingerprint density at radius 1 is 1.25 bits per heavy atom. The molecule has 0 spiro atoms. The largest absolute Gasteiger partial charge is 0.327 e. The van der Waals surface area contributed by atoms with E-state index in [1.807, 2.05) is 25.1 Å². The highest BCUT2D eigenvalue weighted by molar-refractivity contribution is 6.45. The molecule has 2 heterocycles. The summed E-state index contributed by atoms with van der Waals surface area (Å²) < 4.78 is 0. The number of hydrogen-bond donors (Lipinski definition) is 2. The molecule has 124 valence electrons. The van der Waals surface area contributed by atoms with Crippen LogP contribution >= 0.6 is 0 Å². The van der Waals surface area contributed by atoms with Crippen LogP contribution in [0.25, 0.3) is 0 Å². The number of benzene rings is 1. The zero-order chi connectivity index (χ0) is 17.3. The van der Waals surface area contributed by atoms with Gasteiger partial charge in [0, 0.05) is 18.7 Å². The molecule has 1 saturated heterocycles. The van der Waals surface area contributed by atoms with Crippen LogP contribution in [0.15, 0.2) is 40.3 Å². The highest BCUT2D eigenvalue weighted by atomic mass is 16.2. The Labute approximate surface area is 140 Å². The summed E-state index contributed by atoms with van der Waals surface area (Å²) in [5.41, 5.74) is 1.19. The van der Waals surface area contributed by atoms with E-state index >= 15 is 0 Å². The smallest absolute Gasteiger partial charge is 0.254 e. The van der Waals surface area contributed by atoms with E-state index in [1.165, 1.54) is 0 Å². The molecule has 1 fully saturated rings. The molecule has 3 rings (SSSR count). The fourth-order valence-electron chi connectivity index (χ4n) is 2.89. The van der Waals surface area contributed by atoms with Crippen LogP contribution < -0.4 is 0 Å². The molecule has 7 nitrogen and oxygen atoms in total. The Bertz CT molecular complexity index is 752. The number of piperazine rings is 1. The SMILES string of the molecule is CC1=NCC(C(=N)N2CCN(C(=O)c3ccccc3)[C@H](C)C2=N)=N1. The Morgan fingerprint density at radius 2 is 1.96 bits per heavy atom. The predicted molar refractivity (Wildman–Crippen MR) is 94.5 cm³/mol. The Hall–Kier alpha value is -2.83. The molecule has 0 aromatic heterocycles. The van der Waals surface area contributed by atoms with Gasteiger partial charge in [-0.2, -0.15) is 0 Å². The van der Waals surface area contributed by atoms with Crippen molar-refractivity contribution in [1.29, 1.82) is 10.8 Å². The van der Waals surface area contributed by atoms with Crippen LogP contribution in [0.5, 0.6) is 0 Å². The van der Waals surface area contributed by atoms with Gasteiger partial charge in [0.15, 0.2) is 0 Å². The molecule has 24 heavy (non-hydrogen) atoms. The Balaban J connectivity index is 1.73. The summed E-state index contributed by atoms with van der Waals surface area (Å²) in [5.74, 6) is 1.02. The van der Waals surface area contributed by atoms with E-state index < -0.39 is 6.04 Å². The van der Waals surface area contributed by atoms with Gasteiger partial charge in [-0.1, -0.05) is 18.2 Å². The average Bonchev–Trinajstić information content (AvgIpc) is 3.03. The molecule has 0 saturated carbocycles. The summed E-state index contributed by atoms with van der Waals surface area (Å²) in [4.78, 5) is 24.4. The first-order valence-electron chi connectivity index (χ1n) is 7.88. The van der Waals surface area contributed by atoms with E-state index in [4.69, 9.17) is 10.8 Å². The van der Waals surface area contributed by atoms with Gasteiger partial charge >= 0.3 is 0 Å². The first-order valence-corrected chi connectivity index (χ1v) is 7.88. The molecule has 0 unspecified atom stereocenters. The molecular weight excluding hydrogens is 304 g/mol. The summed E-state index contributed by atoms with van der Waals surface area (Å²) in [6.45, 7) is 4.88. The lowest BCUT2D eigenvalue weighted by Crippen LogP contribution is -2.59. The molecule has 0 aliphatic carbocycles. The fourth-order valence-corrected chi connectivity index (χ4v) is 2.89. The standard InChI is InChI=1S/C17H20N6O/c1-11-15(18)23(16(19)14-10-20-12(2)21-14)9-8-22(11)17(24)13-6-4-3-5-7-13/h3-7,11,18-19H,8-10H2,1-2H3/t11-/m1/s1. The summed E-state index contributed by atoms with van der Waals surface area (Å²) in [6.07, 6.45) is 0.